The number of anilines is 7. The smallest absolute Gasteiger partial charge is 0.306 e. The van der Waals surface area contributed by atoms with E-state index in [1.54, 1.807) is 85.1 Å². The number of hydrogen-bond acceptors (Lipinski definition) is 24. The molecule has 32 nitrogen and oxygen atoms in total. The molecule has 5 fully saturated rings. The van der Waals surface area contributed by atoms with E-state index in [-0.39, 0.29) is 51.6 Å². The molecule has 1 saturated carbocycles. The molecule has 10 N–H and O–H groups in total. The van der Waals surface area contributed by atoms with E-state index < -0.39 is 28.2 Å². The average Bonchev–Trinajstić information content (AvgIpc) is 1.58. The number of carbonyl (C=O) groups is 1. The lowest BCUT2D eigenvalue weighted by Crippen LogP contribution is -2.36. The van der Waals surface area contributed by atoms with Crippen molar-refractivity contribution in [3.05, 3.63) is 105 Å². The number of nitrogens with two attached hydrogens (primary N) is 1. The normalized spacial score (nSPS) is 22.8. The molecule has 1 aliphatic carbocycles. The van der Waals surface area contributed by atoms with Crippen LogP contribution in [0.2, 0.25) is 10.0 Å². The molecule has 4 saturated heterocycles. The number of H-pyrrole nitrogens is 1. The molecule has 89 heavy (non-hydrogen) atoms. The zero-order chi connectivity index (χ0) is 64.6. The molecule has 482 valence electrons. The lowest BCUT2D eigenvalue weighted by atomic mass is 9.71. The molecule has 7 aromatic rings. The Balaban J connectivity index is 0.000000160. The third kappa shape index (κ3) is 17.2. The number of hydrogen-bond donors (Lipinski definition) is 9. The van der Waals surface area contributed by atoms with Crippen LogP contribution in [-0.2, 0) is 31.0 Å². The zero-order valence-electron chi connectivity index (χ0n) is 50.9. The van der Waals surface area contributed by atoms with Crippen LogP contribution in [0.3, 0.4) is 0 Å². The first-order valence-electron chi connectivity index (χ1n) is 29.0. The molecule has 4 aliphatic heterocycles. The predicted molar refractivity (Wildman–Crippen MR) is 332 cm³/mol. The van der Waals surface area contributed by atoms with Gasteiger partial charge in [-0.3, -0.25) is 48.8 Å². The molecule has 0 bridgehead atoms. The van der Waals surface area contributed by atoms with Crippen LogP contribution in [0, 0.1) is 47.8 Å². The minimum Gasteiger partial charge on any atom is -0.396 e. The second-order valence-electron chi connectivity index (χ2n) is 24.7. The van der Waals surface area contributed by atoms with E-state index in [2.05, 4.69) is 104 Å². The van der Waals surface area contributed by atoms with Crippen molar-refractivity contribution in [2.75, 3.05) is 78.5 Å². The van der Waals surface area contributed by atoms with E-state index in [4.69, 9.17) is 44.1 Å². The highest BCUT2D eigenvalue weighted by Gasteiger charge is 2.60. The minimum atomic E-state index is -0.551. The van der Waals surface area contributed by atoms with Gasteiger partial charge in [0.05, 0.1) is 115 Å². The largest absolute Gasteiger partial charge is 0.396 e. The molecule has 0 spiro atoms. The number of nitrogens with one attached hydrogen (secondary N) is 4. The molecule has 0 aromatic carbocycles. The van der Waals surface area contributed by atoms with Crippen LogP contribution >= 0.6 is 23.2 Å². The van der Waals surface area contributed by atoms with Crippen molar-refractivity contribution in [3.8, 4) is 0 Å². The van der Waals surface area contributed by atoms with Gasteiger partial charge in [0.15, 0.2) is 11.6 Å². The SMILES string of the molecule is C[C@@H](O)Cn1cc(N)cn1.C[C@@H](O)Cn1cc(Nc2ncc(Cl)c(N3C[C@]4(C)CN(C(=O)C5CC5)C[C@]4(C)C3)n2)cn1.C[C@@H](O)Cn1cc(Nc2ncc(Cl)c(N3C[C@]4(C)CNC[C@]4(C)C3)n2)cn1.C[C@@H](O)Cn1cc([N+](=O)[O-])cn1.O=[N+]([O-])c1cn[nH]c1. The van der Waals surface area contributed by atoms with Gasteiger partial charge in [-0.1, -0.05) is 50.9 Å². The maximum absolute atomic E-state index is 12.6. The number of aliphatic hydroxyl groups excluding tert-OH is 4. The van der Waals surface area contributed by atoms with E-state index in [1.165, 1.54) is 17.1 Å². The second kappa shape index (κ2) is 28.1. The molecule has 0 unspecified atom stereocenters. The average molecular weight is 1280 g/mol. The summed E-state index contributed by atoms with van der Waals surface area (Å²) in [6.07, 6.45) is 18.5. The lowest BCUT2D eigenvalue weighted by Gasteiger charge is -2.30. The summed E-state index contributed by atoms with van der Waals surface area (Å²) in [6, 6.07) is 0. The fourth-order valence-corrected chi connectivity index (χ4v) is 11.6. The van der Waals surface area contributed by atoms with Gasteiger partial charge in [-0.05, 0) is 40.5 Å². The van der Waals surface area contributed by atoms with Gasteiger partial charge in [0.25, 0.3) is 0 Å². The molecule has 11 heterocycles. The summed E-state index contributed by atoms with van der Waals surface area (Å²) in [6.45, 7) is 24.6. The monoisotopic (exact) mass is 1280 g/mol. The molecule has 7 aromatic heterocycles. The minimum absolute atomic E-state index is 0.00926. The van der Waals surface area contributed by atoms with Gasteiger partial charge in [0.1, 0.15) is 28.6 Å². The molecule has 34 heteroatoms. The summed E-state index contributed by atoms with van der Waals surface area (Å²) in [4.78, 5) is 56.2. The van der Waals surface area contributed by atoms with Crippen molar-refractivity contribution in [2.24, 2.45) is 27.6 Å². The summed E-state index contributed by atoms with van der Waals surface area (Å²) in [5.74, 6) is 2.98. The first-order chi connectivity index (χ1) is 42.0. The number of aromatic amines is 1. The number of carbonyl (C=O) groups excluding carboxylic acids is 1. The van der Waals surface area contributed by atoms with Crippen LogP contribution in [0.25, 0.3) is 0 Å². The van der Waals surface area contributed by atoms with Crippen molar-refractivity contribution in [2.45, 2.75) is 119 Å². The predicted octanol–water partition coefficient (Wildman–Crippen LogP) is 4.76. The van der Waals surface area contributed by atoms with Gasteiger partial charge in [0.2, 0.25) is 17.8 Å². The standard InChI is InChI=1S/C22H30ClN7O2.C18H26ClN7O.C6H9N3O3.C6H11N3O.C3H3N3O2/c1-14(31)8-30-9-16(6-25-30)26-20-24-7-17(23)18(27-20)28-10-21(2)12-29(13-22(21,3)11-28)19(32)15-4-5-15;1-12(27)6-26-7-13(4-22-26)23-16-21-5-14(19)15(24-16)25-10-17(2)8-20-9-18(17,3)11-25;1-5(10)3-8-4-6(2-7-8)9(11)12;1-5(10)3-9-4-6(7)2-8-9;7-6(8)3-1-4-5-2-3/h6-7,9,14-15,31H,4-5,8,10-13H2,1-3H3,(H,24,26,27);4-5,7,12,20,27H,6,8-11H2,1-3H3,(H,21,23,24);2,4-5,10H,3H2,1H3;2,4-5,10H,3,7H2,1H3;1-2H,(H,4,5)/t14-,21-,22+;12-,17-,18+;2*5-;/m1111./s1. The van der Waals surface area contributed by atoms with Crippen molar-refractivity contribution in [3.63, 3.8) is 0 Å². The highest BCUT2D eigenvalue weighted by Crippen LogP contribution is 2.54. The Morgan fingerprint density at radius 1 is 0.618 bits per heavy atom. The summed E-state index contributed by atoms with van der Waals surface area (Å²) < 4.78 is 6.30. The number of nitro groups is 2. The Bertz CT molecular complexity index is 3460. The van der Waals surface area contributed by atoms with E-state index in [1.807, 2.05) is 6.20 Å². The summed E-state index contributed by atoms with van der Waals surface area (Å²) >= 11 is 12.9. The molecule has 8 atom stereocenters. The van der Waals surface area contributed by atoms with E-state index in [9.17, 15) is 35.2 Å². The maximum Gasteiger partial charge on any atom is 0.306 e. The first-order valence-corrected chi connectivity index (χ1v) is 29.7. The Hall–Kier alpha value is -8.14. The van der Waals surface area contributed by atoms with Crippen molar-refractivity contribution < 1.29 is 35.1 Å². The number of nitrogen functional groups attached to an aromatic ring is 1. The summed E-state index contributed by atoms with van der Waals surface area (Å²) in [5.41, 5.74) is 7.84. The Morgan fingerprint density at radius 2 is 1.03 bits per heavy atom. The first kappa shape index (κ1) is 66.8. The van der Waals surface area contributed by atoms with Crippen LogP contribution < -0.4 is 31.5 Å². The van der Waals surface area contributed by atoms with Crippen LogP contribution in [0.4, 0.5) is 52.0 Å². The van der Waals surface area contributed by atoms with Crippen molar-refractivity contribution in [1.82, 2.24) is 79.5 Å². The number of fused-ring (bicyclic) bond motifs is 2. The fourth-order valence-electron chi connectivity index (χ4n) is 11.2. The topological polar surface area (TPSA) is 408 Å². The van der Waals surface area contributed by atoms with Gasteiger partial charge >= 0.3 is 11.4 Å². The second-order valence-corrected chi connectivity index (χ2v) is 25.5. The Labute approximate surface area is 523 Å². The number of halogens is 2. The summed E-state index contributed by atoms with van der Waals surface area (Å²) in [7, 11) is 0. The van der Waals surface area contributed by atoms with Gasteiger partial charge in [-0.15, -0.1) is 0 Å². The Morgan fingerprint density at radius 3 is 1.40 bits per heavy atom. The lowest BCUT2D eigenvalue weighted by molar-refractivity contribution is -0.385. The Kier molecular flexibility index (Phi) is 21.1. The number of aliphatic hydroxyl groups is 4. The van der Waals surface area contributed by atoms with E-state index >= 15 is 0 Å². The van der Waals surface area contributed by atoms with Gasteiger partial charge < -0.3 is 56.8 Å². The number of likely N-dealkylation sites (tertiary alicyclic amines) is 1. The highest BCUT2D eigenvalue weighted by atomic mass is 35.5. The highest BCUT2D eigenvalue weighted by molar-refractivity contribution is 6.33. The molecular weight excluding hydrogens is 1200 g/mol. The van der Waals surface area contributed by atoms with Crippen LogP contribution in [0.1, 0.15) is 68.2 Å². The molecule has 0 radical (unpaired) electrons. The zero-order valence-corrected chi connectivity index (χ0v) is 52.4. The third-order valence-corrected chi connectivity index (χ3v) is 16.8. The van der Waals surface area contributed by atoms with Crippen LogP contribution in [-0.4, -0.2) is 187 Å². The van der Waals surface area contributed by atoms with Crippen molar-refractivity contribution in [1.29, 1.82) is 0 Å². The quantitative estimate of drug-likeness (QED) is 0.0438. The van der Waals surface area contributed by atoms with E-state index in [0.29, 0.717) is 59.0 Å². The summed E-state index contributed by atoms with van der Waals surface area (Å²) in [5, 5.41) is 89.5. The number of amides is 1. The van der Waals surface area contributed by atoms with E-state index in [0.717, 1.165) is 94.8 Å². The van der Waals surface area contributed by atoms with Crippen LogP contribution in [0.15, 0.2) is 74.4 Å². The molecule has 1 amide bonds. The van der Waals surface area contributed by atoms with Gasteiger partial charge in [0, 0.05) is 98.5 Å². The molecular formula is C55H79Cl2N23O9. The number of aromatic nitrogens is 14. The molecule has 12 rings (SSSR count). The van der Waals surface area contributed by atoms with Crippen LogP contribution in [0.5, 0.6) is 0 Å². The third-order valence-electron chi connectivity index (χ3n) is 16.2. The molecule has 5 aliphatic rings. The maximum atomic E-state index is 12.6. The fraction of sp³-hybridized carbons (Fsp3) is 0.564. The number of nitrogens with zero attached hydrogens (tertiary/aromatic N) is 18. The van der Waals surface area contributed by atoms with Crippen molar-refractivity contribution >= 4 is 81.1 Å². The van der Waals surface area contributed by atoms with Gasteiger partial charge in [-0.25, -0.2) is 9.97 Å². The van der Waals surface area contributed by atoms with Gasteiger partial charge in [-0.2, -0.15) is 35.5 Å². The number of rotatable bonds is 17.